The number of hydrogen-bond donors (Lipinski definition) is 0. The van der Waals surface area contributed by atoms with Crippen LogP contribution in [0.25, 0.3) is 0 Å². The highest BCUT2D eigenvalue weighted by molar-refractivity contribution is 5.70. The van der Waals surface area contributed by atoms with Gasteiger partial charge >= 0.3 is 5.97 Å². The predicted octanol–water partition coefficient (Wildman–Crippen LogP) is 2.75. The summed E-state index contributed by atoms with van der Waals surface area (Å²) in [5.74, 6) is 0.628. The molecule has 0 N–H and O–H groups in total. The van der Waals surface area contributed by atoms with Gasteiger partial charge in [0.05, 0.1) is 6.61 Å². The molecule has 0 amide bonds. The molecule has 0 saturated carbocycles. The zero-order valence-electron chi connectivity index (χ0n) is 10.1. The van der Waals surface area contributed by atoms with Gasteiger partial charge in [0.1, 0.15) is 12.4 Å². The van der Waals surface area contributed by atoms with E-state index < -0.39 is 0 Å². The third-order valence-corrected chi connectivity index (χ3v) is 2.23. The van der Waals surface area contributed by atoms with E-state index in [0.29, 0.717) is 19.4 Å². The van der Waals surface area contributed by atoms with Crippen molar-refractivity contribution >= 4 is 5.97 Å². The number of esters is 1. The minimum absolute atomic E-state index is 0.212. The Hall–Kier alpha value is -1.77. The number of hydrogen-bond acceptors (Lipinski definition) is 3. The number of carbonyl (C=O) groups excluding carboxylic acids is 1. The number of aryl methyl sites for hydroxylation is 1. The van der Waals surface area contributed by atoms with Gasteiger partial charge in [0.25, 0.3) is 0 Å². The molecule has 0 spiro atoms. The fourth-order valence-corrected chi connectivity index (χ4v) is 1.47. The maximum absolute atomic E-state index is 11.3. The summed E-state index contributed by atoms with van der Waals surface area (Å²) in [6, 6.07) is 7.73. The Labute approximate surface area is 102 Å². The summed E-state index contributed by atoms with van der Waals surface area (Å²) < 4.78 is 10.4. The van der Waals surface area contributed by atoms with E-state index in [1.54, 1.807) is 6.08 Å². The Balaban J connectivity index is 2.50. The van der Waals surface area contributed by atoms with Crippen LogP contribution in [0.5, 0.6) is 5.75 Å². The summed E-state index contributed by atoms with van der Waals surface area (Å²) >= 11 is 0. The van der Waals surface area contributed by atoms with Crippen LogP contribution in [-0.4, -0.2) is 19.2 Å². The third kappa shape index (κ3) is 4.72. The third-order valence-electron chi connectivity index (χ3n) is 2.23. The molecule has 0 radical (unpaired) electrons. The molecule has 17 heavy (non-hydrogen) atoms. The summed E-state index contributed by atoms with van der Waals surface area (Å²) in [5, 5.41) is 0. The van der Waals surface area contributed by atoms with Crippen LogP contribution in [0.4, 0.5) is 0 Å². The van der Waals surface area contributed by atoms with Crippen molar-refractivity contribution in [3.8, 4) is 5.75 Å². The second-order valence-corrected chi connectivity index (χ2v) is 3.51. The molecule has 1 rings (SSSR count). The van der Waals surface area contributed by atoms with Gasteiger partial charge in [-0.25, -0.2) is 0 Å². The molecule has 0 atom stereocenters. The van der Waals surface area contributed by atoms with E-state index in [-0.39, 0.29) is 12.6 Å². The molecule has 3 nitrogen and oxygen atoms in total. The molecule has 0 aliphatic carbocycles. The van der Waals surface area contributed by atoms with Crippen LogP contribution in [0.3, 0.4) is 0 Å². The second-order valence-electron chi connectivity index (χ2n) is 3.51. The van der Waals surface area contributed by atoms with E-state index in [2.05, 4.69) is 6.58 Å². The monoisotopic (exact) mass is 234 g/mol. The molecule has 0 aromatic heterocycles. The summed E-state index contributed by atoms with van der Waals surface area (Å²) in [5.41, 5.74) is 1.03. The molecule has 3 heteroatoms. The molecule has 0 aliphatic heterocycles. The number of carbonyl (C=O) groups is 1. The van der Waals surface area contributed by atoms with Crippen molar-refractivity contribution in [2.75, 3.05) is 13.2 Å². The first-order valence-electron chi connectivity index (χ1n) is 5.75. The topological polar surface area (TPSA) is 35.5 Å². The smallest absolute Gasteiger partial charge is 0.306 e. The Bertz CT molecular complexity index is 371. The van der Waals surface area contributed by atoms with Gasteiger partial charge in [-0.05, 0) is 25.0 Å². The van der Waals surface area contributed by atoms with Gasteiger partial charge in [0.2, 0.25) is 0 Å². The summed E-state index contributed by atoms with van der Waals surface area (Å²) in [4.78, 5) is 11.3. The number of ether oxygens (including phenoxy) is 2. The van der Waals surface area contributed by atoms with E-state index in [1.165, 1.54) is 0 Å². The zero-order chi connectivity index (χ0) is 12.5. The summed E-state index contributed by atoms with van der Waals surface area (Å²) in [6.45, 7) is 6.32. The summed E-state index contributed by atoms with van der Waals surface area (Å²) in [7, 11) is 0. The van der Waals surface area contributed by atoms with Gasteiger partial charge in [-0.15, -0.1) is 0 Å². The molecular weight excluding hydrogens is 216 g/mol. The van der Waals surface area contributed by atoms with Crippen molar-refractivity contribution in [2.24, 2.45) is 0 Å². The van der Waals surface area contributed by atoms with Crippen molar-refractivity contribution in [1.82, 2.24) is 0 Å². The molecule has 1 aromatic carbocycles. The Morgan fingerprint density at radius 2 is 2.18 bits per heavy atom. The van der Waals surface area contributed by atoms with Crippen molar-refractivity contribution in [1.29, 1.82) is 0 Å². The van der Waals surface area contributed by atoms with Gasteiger partial charge in [-0.2, -0.15) is 0 Å². The van der Waals surface area contributed by atoms with Crippen LogP contribution in [0.1, 0.15) is 18.9 Å². The van der Waals surface area contributed by atoms with Gasteiger partial charge in [-0.1, -0.05) is 30.9 Å². The lowest BCUT2D eigenvalue weighted by Crippen LogP contribution is -2.06. The average molecular weight is 234 g/mol. The van der Waals surface area contributed by atoms with Crippen molar-refractivity contribution < 1.29 is 14.3 Å². The van der Waals surface area contributed by atoms with Crippen molar-refractivity contribution in [2.45, 2.75) is 19.8 Å². The SMILES string of the molecule is C=CCOC(=O)CCc1ccccc1OCC. The minimum Gasteiger partial charge on any atom is -0.494 e. The minimum atomic E-state index is -0.212. The molecule has 92 valence electrons. The van der Waals surface area contributed by atoms with Crippen molar-refractivity contribution in [3.05, 3.63) is 42.5 Å². The van der Waals surface area contributed by atoms with E-state index in [9.17, 15) is 4.79 Å². The quantitative estimate of drug-likeness (QED) is 0.537. The normalized spacial score (nSPS) is 9.71. The molecule has 0 aliphatic rings. The number of para-hydroxylation sites is 1. The van der Waals surface area contributed by atoms with E-state index >= 15 is 0 Å². The first-order chi connectivity index (χ1) is 8.27. The number of benzene rings is 1. The Kier molecular flexibility index (Phi) is 5.86. The zero-order valence-corrected chi connectivity index (χ0v) is 10.1. The second kappa shape index (κ2) is 7.49. The lowest BCUT2D eigenvalue weighted by molar-refractivity contribution is -0.142. The van der Waals surface area contributed by atoms with Crippen LogP contribution in [0.15, 0.2) is 36.9 Å². The predicted molar refractivity (Wildman–Crippen MR) is 67.1 cm³/mol. The van der Waals surface area contributed by atoms with E-state index in [4.69, 9.17) is 9.47 Å². The standard InChI is InChI=1S/C14H18O3/c1-3-11-17-14(15)10-9-12-7-5-6-8-13(12)16-4-2/h3,5-8H,1,4,9-11H2,2H3. The van der Waals surface area contributed by atoms with Crippen LogP contribution in [0, 0.1) is 0 Å². The molecule has 1 aromatic rings. The highest BCUT2D eigenvalue weighted by Crippen LogP contribution is 2.19. The maximum atomic E-state index is 11.3. The fourth-order valence-electron chi connectivity index (χ4n) is 1.47. The first kappa shape index (κ1) is 13.3. The highest BCUT2D eigenvalue weighted by atomic mass is 16.5. The molecule has 0 bridgehead atoms. The highest BCUT2D eigenvalue weighted by Gasteiger charge is 2.06. The van der Waals surface area contributed by atoms with Gasteiger partial charge in [-0.3, -0.25) is 4.79 Å². The van der Waals surface area contributed by atoms with Crippen LogP contribution in [-0.2, 0) is 16.0 Å². The van der Waals surface area contributed by atoms with Crippen LogP contribution >= 0.6 is 0 Å². The van der Waals surface area contributed by atoms with Crippen LogP contribution in [0.2, 0.25) is 0 Å². The van der Waals surface area contributed by atoms with E-state index in [1.807, 2.05) is 31.2 Å². The average Bonchev–Trinajstić information content (AvgIpc) is 2.35. The van der Waals surface area contributed by atoms with Gasteiger partial charge in [0, 0.05) is 6.42 Å². The molecular formula is C14H18O3. The van der Waals surface area contributed by atoms with Crippen LogP contribution < -0.4 is 4.74 Å². The summed E-state index contributed by atoms with van der Waals surface area (Å²) in [6.07, 6.45) is 2.55. The number of rotatable bonds is 7. The Morgan fingerprint density at radius 1 is 1.41 bits per heavy atom. The lowest BCUT2D eigenvalue weighted by Gasteiger charge is -2.09. The largest absolute Gasteiger partial charge is 0.494 e. The fraction of sp³-hybridized carbons (Fsp3) is 0.357. The molecule has 0 fully saturated rings. The van der Waals surface area contributed by atoms with E-state index in [0.717, 1.165) is 11.3 Å². The molecule has 0 saturated heterocycles. The lowest BCUT2D eigenvalue weighted by atomic mass is 10.1. The molecule has 0 unspecified atom stereocenters. The van der Waals surface area contributed by atoms with Gasteiger partial charge in [0.15, 0.2) is 0 Å². The maximum Gasteiger partial charge on any atom is 0.306 e. The van der Waals surface area contributed by atoms with Crippen molar-refractivity contribution in [3.63, 3.8) is 0 Å². The Morgan fingerprint density at radius 3 is 2.88 bits per heavy atom. The first-order valence-corrected chi connectivity index (χ1v) is 5.75. The molecule has 0 heterocycles. The van der Waals surface area contributed by atoms with Gasteiger partial charge < -0.3 is 9.47 Å².